The maximum Gasteiger partial charge on any atom is 0.184 e. The summed E-state index contributed by atoms with van der Waals surface area (Å²) >= 11 is 3.47. The second-order valence-electron chi connectivity index (χ2n) is 5.27. The van der Waals surface area contributed by atoms with Crippen molar-refractivity contribution in [2.24, 2.45) is 0 Å². The maximum absolute atomic E-state index is 6.35. The van der Waals surface area contributed by atoms with Gasteiger partial charge in [0.05, 0.1) is 0 Å². The van der Waals surface area contributed by atoms with Gasteiger partial charge in [-0.05, 0) is 36.1 Å². The molecular weight excluding hydrogens is 308 g/mol. The Morgan fingerprint density at radius 3 is 1.80 bits per heavy atom. The standard InChI is InChI=1S/C16H14B2BrN/c17-13-5-1-11(2-6-13)15-9-10-16(20(15)18)12-3-7-14(19)8-4-12/h1-8,15-16H,9-10H2. The van der Waals surface area contributed by atoms with Crippen molar-refractivity contribution in [3.63, 3.8) is 0 Å². The summed E-state index contributed by atoms with van der Waals surface area (Å²) < 4.78 is 1.10. The third-order valence-electron chi connectivity index (χ3n) is 4.01. The van der Waals surface area contributed by atoms with E-state index < -0.39 is 0 Å². The van der Waals surface area contributed by atoms with Gasteiger partial charge in [0.25, 0.3) is 0 Å². The highest BCUT2D eigenvalue weighted by Crippen LogP contribution is 2.42. The van der Waals surface area contributed by atoms with Gasteiger partial charge in [-0.25, -0.2) is 0 Å². The molecule has 0 saturated carbocycles. The monoisotopic (exact) mass is 321 g/mol. The highest BCUT2D eigenvalue weighted by Gasteiger charge is 2.31. The Morgan fingerprint density at radius 2 is 1.30 bits per heavy atom. The van der Waals surface area contributed by atoms with Crippen LogP contribution in [0.4, 0.5) is 0 Å². The first-order chi connectivity index (χ1) is 9.65. The van der Waals surface area contributed by atoms with Crippen molar-refractivity contribution in [1.29, 1.82) is 0 Å². The molecule has 20 heavy (non-hydrogen) atoms. The molecule has 0 aromatic heterocycles. The first-order valence-electron chi connectivity index (χ1n) is 6.79. The zero-order chi connectivity index (χ0) is 14.1. The van der Waals surface area contributed by atoms with Crippen LogP contribution in [0.15, 0.2) is 53.0 Å². The minimum absolute atomic E-state index is 0.268. The van der Waals surface area contributed by atoms with E-state index in [4.69, 9.17) is 15.8 Å². The van der Waals surface area contributed by atoms with E-state index in [0.717, 1.165) is 22.8 Å². The summed E-state index contributed by atoms with van der Waals surface area (Å²) in [5.41, 5.74) is 3.30. The fourth-order valence-corrected chi connectivity index (χ4v) is 3.18. The Balaban J connectivity index is 1.81. The molecule has 2 unspecified atom stereocenters. The number of hydrogen-bond donors (Lipinski definition) is 0. The predicted molar refractivity (Wildman–Crippen MR) is 88.3 cm³/mol. The summed E-state index contributed by atoms with van der Waals surface area (Å²) in [5, 5.41) is 0. The molecular formula is C16H14B2BrN. The van der Waals surface area contributed by atoms with E-state index in [-0.39, 0.29) is 12.1 Å². The fourth-order valence-electron chi connectivity index (χ4n) is 2.91. The summed E-state index contributed by atoms with van der Waals surface area (Å²) in [6.07, 6.45) is 2.15. The minimum atomic E-state index is 0.268. The predicted octanol–water partition coefficient (Wildman–Crippen LogP) is 3.20. The number of hydrogen-bond acceptors (Lipinski definition) is 1. The number of benzene rings is 2. The average molecular weight is 322 g/mol. The summed E-state index contributed by atoms with van der Waals surface area (Å²) in [7, 11) is 12.1. The number of halogens is 1. The lowest BCUT2D eigenvalue weighted by Gasteiger charge is -2.27. The minimum Gasteiger partial charge on any atom is -0.341 e. The van der Waals surface area contributed by atoms with E-state index in [2.05, 4.69) is 52.3 Å². The molecule has 1 aliphatic heterocycles. The molecule has 0 spiro atoms. The Labute approximate surface area is 131 Å². The van der Waals surface area contributed by atoms with E-state index in [1.54, 1.807) is 0 Å². The van der Waals surface area contributed by atoms with Gasteiger partial charge in [0.2, 0.25) is 0 Å². The Bertz CT molecular complexity index is 529. The van der Waals surface area contributed by atoms with E-state index in [9.17, 15) is 0 Å². The van der Waals surface area contributed by atoms with E-state index in [1.165, 1.54) is 11.1 Å². The van der Waals surface area contributed by atoms with Crippen LogP contribution in [0.5, 0.6) is 0 Å². The quantitative estimate of drug-likeness (QED) is 0.768. The lowest BCUT2D eigenvalue weighted by atomic mass is 9.93. The van der Waals surface area contributed by atoms with Gasteiger partial charge in [0.15, 0.2) is 7.98 Å². The molecule has 2 aromatic rings. The van der Waals surface area contributed by atoms with Crippen molar-refractivity contribution in [3.8, 4) is 0 Å². The highest BCUT2D eigenvalue weighted by molar-refractivity contribution is 9.10. The molecule has 96 valence electrons. The Morgan fingerprint density at radius 1 is 0.850 bits per heavy atom. The first-order valence-corrected chi connectivity index (χ1v) is 7.58. The SMILES string of the molecule is [B]c1ccc(C2CCC(c3ccc(Br)cc3)N2[B])cc1. The van der Waals surface area contributed by atoms with E-state index >= 15 is 0 Å². The number of rotatable bonds is 2. The van der Waals surface area contributed by atoms with Crippen LogP contribution < -0.4 is 5.46 Å². The van der Waals surface area contributed by atoms with Crippen LogP contribution in [0.1, 0.15) is 36.1 Å². The molecule has 1 nitrogen and oxygen atoms in total. The smallest absolute Gasteiger partial charge is 0.184 e. The van der Waals surface area contributed by atoms with Crippen molar-refractivity contribution in [1.82, 2.24) is 4.81 Å². The van der Waals surface area contributed by atoms with Gasteiger partial charge in [-0.15, -0.1) is 0 Å². The summed E-state index contributed by atoms with van der Waals surface area (Å²) in [6, 6.07) is 17.0. The average Bonchev–Trinajstić information content (AvgIpc) is 2.83. The third-order valence-corrected chi connectivity index (χ3v) is 4.54. The van der Waals surface area contributed by atoms with Crippen LogP contribution in [0.3, 0.4) is 0 Å². The highest BCUT2D eigenvalue weighted by atomic mass is 79.9. The molecule has 0 aliphatic carbocycles. The molecule has 1 saturated heterocycles. The van der Waals surface area contributed by atoms with Crippen molar-refractivity contribution in [2.45, 2.75) is 24.9 Å². The molecule has 4 radical (unpaired) electrons. The molecule has 1 aliphatic rings. The number of nitrogens with zero attached hydrogens (tertiary/aromatic N) is 1. The fraction of sp³-hybridized carbons (Fsp3) is 0.250. The molecule has 1 fully saturated rings. The summed E-state index contributed by atoms with van der Waals surface area (Å²) in [5.74, 6) is 0. The van der Waals surface area contributed by atoms with Crippen molar-refractivity contribution in [3.05, 3.63) is 64.1 Å². The molecule has 1 heterocycles. The zero-order valence-electron chi connectivity index (χ0n) is 11.2. The lowest BCUT2D eigenvalue weighted by molar-refractivity contribution is 0.354. The summed E-state index contributed by atoms with van der Waals surface area (Å²) in [4.78, 5) is 1.98. The van der Waals surface area contributed by atoms with E-state index in [0.29, 0.717) is 0 Å². The molecule has 3 rings (SSSR count). The zero-order valence-corrected chi connectivity index (χ0v) is 12.8. The van der Waals surface area contributed by atoms with Gasteiger partial charge >= 0.3 is 0 Å². The molecule has 2 aromatic carbocycles. The molecule has 0 bridgehead atoms. The maximum atomic E-state index is 6.35. The van der Waals surface area contributed by atoms with Gasteiger partial charge < -0.3 is 4.81 Å². The third kappa shape index (κ3) is 2.72. The second-order valence-corrected chi connectivity index (χ2v) is 6.19. The molecule has 0 N–H and O–H groups in total. The largest absolute Gasteiger partial charge is 0.341 e. The van der Waals surface area contributed by atoms with Gasteiger partial charge in [-0.2, -0.15) is 0 Å². The second kappa shape index (κ2) is 5.79. The van der Waals surface area contributed by atoms with E-state index in [1.807, 2.05) is 16.9 Å². The lowest BCUT2D eigenvalue weighted by Crippen LogP contribution is -2.23. The normalized spacial score (nSPS) is 23.1. The molecule has 0 amide bonds. The van der Waals surface area contributed by atoms with Crippen molar-refractivity contribution in [2.75, 3.05) is 0 Å². The van der Waals surface area contributed by atoms with Crippen LogP contribution in [0, 0.1) is 0 Å². The van der Waals surface area contributed by atoms with Gasteiger partial charge in [-0.3, -0.25) is 0 Å². The van der Waals surface area contributed by atoms with Crippen LogP contribution >= 0.6 is 15.9 Å². The molecule has 2 atom stereocenters. The Kier molecular flexibility index (Phi) is 4.04. The topological polar surface area (TPSA) is 3.24 Å². The summed E-state index contributed by atoms with van der Waals surface area (Å²) in [6.45, 7) is 0. The van der Waals surface area contributed by atoms with Crippen LogP contribution in [-0.2, 0) is 0 Å². The van der Waals surface area contributed by atoms with Gasteiger partial charge in [0.1, 0.15) is 7.85 Å². The first kappa shape index (κ1) is 14.0. The van der Waals surface area contributed by atoms with Crippen LogP contribution in [0.25, 0.3) is 0 Å². The van der Waals surface area contributed by atoms with Gasteiger partial charge in [0, 0.05) is 16.6 Å². The Hall–Kier alpha value is -0.990. The van der Waals surface area contributed by atoms with Crippen LogP contribution in [0.2, 0.25) is 0 Å². The van der Waals surface area contributed by atoms with Gasteiger partial charge in [-0.1, -0.05) is 57.8 Å². The van der Waals surface area contributed by atoms with Crippen molar-refractivity contribution >= 4 is 37.2 Å². The molecule has 4 heteroatoms. The van der Waals surface area contributed by atoms with Crippen LogP contribution in [-0.4, -0.2) is 20.6 Å². The van der Waals surface area contributed by atoms with Crippen molar-refractivity contribution < 1.29 is 0 Å².